The highest BCUT2D eigenvalue weighted by molar-refractivity contribution is 5.03. The fourth-order valence-electron chi connectivity index (χ4n) is 1.88. The Morgan fingerprint density at radius 3 is 2.45 bits per heavy atom. The Hall–Kier alpha value is -0.440. The molecule has 0 radical (unpaired) electrons. The van der Waals surface area contributed by atoms with Gasteiger partial charge >= 0.3 is 0 Å². The zero-order valence-corrected chi connectivity index (χ0v) is 8.07. The van der Waals surface area contributed by atoms with Crippen LogP contribution in [0.5, 0.6) is 0 Å². The minimum Gasteiger partial charge on any atom is -0.107 e. The van der Waals surface area contributed by atoms with Crippen molar-refractivity contribution in [2.24, 2.45) is 17.3 Å². The molecule has 0 heteroatoms. The Morgan fingerprint density at radius 2 is 2.09 bits per heavy atom. The van der Waals surface area contributed by atoms with E-state index in [2.05, 4.69) is 32.6 Å². The molecule has 0 aromatic rings. The van der Waals surface area contributed by atoms with E-state index in [-0.39, 0.29) is 0 Å². The van der Waals surface area contributed by atoms with Crippen LogP contribution in [0.25, 0.3) is 0 Å². The molecule has 2 unspecified atom stereocenters. The molecule has 1 aliphatic carbocycles. The van der Waals surface area contributed by atoms with Gasteiger partial charge in [0, 0.05) is 6.42 Å². The summed E-state index contributed by atoms with van der Waals surface area (Å²) in [6.07, 6.45) is 2.49. The van der Waals surface area contributed by atoms with Gasteiger partial charge in [-0.1, -0.05) is 20.8 Å². The van der Waals surface area contributed by atoms with Crippen LogP contribution in [-0.2, 0) is 0 Å². The van der Waals surface area contributed by atoms with Crippen molar-refractivity contribution < 1.29 is 0 Å². The molecule has 0 amide bonds. The minimum atomic E-state index is 0.620. The van der Waals surface area contributed by atoms with Crippen molar-refractivity contribution >= 4 is 0 Å². The number of hydrogen-bond acceptors (Lipinski definition) is 0. The van der Waals surface area contributed by atoms with E-state index in [0.717, 1.165) is 18.3 Å². The van der Waals surface area contributed by atoms with Crippen molar-refractivity contribution in [2.75, 3.05) is 0 Å². The predicted molar refractivity (Wildman–Crippen MR) is 49.1 cm³/mol. The molecule has 2 atom stereocenters. The molecule has 0 aromatic heterocycles. The maximum absolute atomic E-state index is 3.16. The van der Waals surface area contributed by atoms with Gasteiger partial charge in [-0.2, -0.15) is 0 Å². The molecule has 0 heterocycles. The molecular weight excluding hydrogens is 132 g/mol. The second-order valence-corrected chi connectivity index (χ2v) is 4.41. The average molecular weight is 150 g/mol. The van der Waals surface area contributed by atoms with Gasteiger partial charge in [-0.15, -0.1) is 11.8 Å². The van der Waals surface area contributed by atoms with Gasteiger partial charge in [0.05, 0.1) is 0 Å². The van der Waals surface area contributed by atoms with Crippen molar-refractivity contribution in [1.82, 2.24) is 0 Å². The molecule has 0 bridgehead atoms. The van der Waals surface area contributed by atoms with Crippen molar-refractivity contribution in [3.05, 3.63) is 0 Å². The lowest BCUT2D eigenvalue weighted by atomic mass is 9.96. The fourth-order valence-corrected chi connectivity index (χ4v) is 1.88. The van der Waals surface area contributed by atoms with Gasteiger partial charge in [0.2, 0.25) is 0 Å². The first-order chi connectivity index (χ1) is 5.08. The molecule has 1 saturated carbocycles. The second kappa shape index (κ2) is 2.89. The Bertz CT molecular complexity index is 190. The monoisotopic (exact) mass is 150 g/mol. The standard InChI is InChI=1S/C11H18/c1-5-6-7-9(2)10-8-11(10,3)4/h9-10H,7-8H2,1-4H3. The third kappa shape index (κ3) is 1.99. The smallest absolute Gasteiger partial charge is 0.0117 e. The molecule has 11 heavy (non-hydrogen) atoms. The first-order valence-corrected chi connectivity index (χ1v) is 4.47. The zero-order valence-electron chi connectivity index (χ0n) is 8.07. The maximum Gasteiger partial charge on any atom is 0.0117 e. The Kier molecular flexibility index (Phi) is 2.28. The summed E-state index contributed by atoms with van der Waals surface area (Å²) in [5, 5.41) is 0. The lowest BCUT2D eigenvalue weighted by Crippen LogP contribution is -2.01. The van der Waals surface area contributed by atoms with E-state index in [0.29, 0.717) is 5.41 Å². The van der Waals surface area contributed by atoms with Gasteiger partial charge in [0.1, 0.15) is 0 Å². The quantitative estimate of drug-likeness (QED) is 0.531. The topological polar surface area (TPSA) is 0 Å². The Labute approximate surface area is 70.4 Å². The molecule has 0 aliphatic heterocycles. The van der Waals surface area contributed by atoms with E-state index < -0.39 is 0 Å². The van der Waals surface area contributed by atoms with Crippen molar-refractivity contribution in [1.29, 1.82) is 0 Å². The molecule has 0 nitrogen and oxygen atoms in total. The first kappa shape index (κ1) is 8.65. The maximum atomic E-state index is 3.16. The second-order valence-electron chi connectivity index (χ2n) is 4.41. The summed E-state index contributed by atoms with van der Waals surface area (Å²) in [6.45, 7) is 8.95. The lowest BCUT2D eigenvalue weighted by molar-refractivity contribution is 0.430. The third-order valence-electron chi connectivity index (χ3n) is 2.88. The highest BCUT2D eigenvalue weighted by atomic mass is 14.5. The lowest BCUT2D eigenvalue weighted by Gasteiger charge is -2.08. The van der Waals surface area contributed by atoms with Crippen LogP contribution in [0.1, 0.15) is 40.5 Å². The van der Waals surface area contributed by atoms with Crippen molar-refractivity contribution in [3.8, 4) is 11.8 Å². The van der Waals surface area contributed by atoms with Crippen molar-refractivity contribution in [2.45, 2.75) is 40.5 Å². The summed E-state index contributed by atoms with van der Waals surface area (Å²) in [6, 6.07) is 0. The fraction of sp³-hybridized carbons (Fsp3) is 0.818. The van der Waals surface area contributed by atoms with Crippen LogP contribution < -0.4 is 0 Å². The van der Waals surface area contributed by atoms with Gasteiger partial charge in [-0.3, -0.25) is 0 Å². The minimum absolute atomic E-state index is 0.620. The van der Waals surface area contributed by atoms with E-state index >= 15 is 0 Å². The zero-order chi connectivity index (χ0) is 8.48. The summed E-state index contributed by atoms with van der Waals surface area (Å²) < 4.78 is 0. The number of hydrogen-bond donors (Lipinski definition) is 0. The summed E-state index contributed by atoms with van der Waals surface area (Å²) >= 11 is 0. The van der Waals surface area contributed by atoms with E-state index in [1.54, 1.807) is 0 Å². The molecule has 0 N–H and O–H groups in total. The van der Waals surface area contributed by atoms with E-state index in [9.17, 15) is 0 Å². The van der Waals surface area contributed by atoms with Crippen LogP contribution in [0.4, 0.5) is 0 Å². The van der Waals surface area contributed by atoms with Gasteiger partial charge in [0.25, 0.3) is 0 Å². The van der Waals surface area contributed by atoms with Gasteiger partial charge in [-0.05, 0) is 30.6 Å². The van der Waals surface area contributed by atoms with Crippen LogP contribution >= 0.6 is 0 Å². The third-order valence-corrected chi connectivity index (χ3v) is 2.88. The van der Waals surface area contributed by atoms with Crippen LogP contribution in [0.2, 0.25) is 0 Å². The highest BCUT2D eigenvalue weighted by Gasteiger charge is 2.47. The Balaban J connectivity index is 2.32. The van der Waals surface area contributed by atoms with Crippen molar-refractivity contribution in [3.63, 3.8) is 0 Å². The summed E-state index contributed by atoms with van der Waals surface area (Å²) in [4.78, 5) is 0. The Morgan fingerprint density at radius 1 is 1.55 bits per heavy atom. The SMILES string of the molecule is CC#CCC(C)C1CC1(C)C. The first-order valence-electron chi connectivity index (χ1n) is 4.47. The molecule has 1 rings (SSSR count). The average Bonchev–Trinajstić information content (AvgIpc) is 2.55. The highest BCUT2D eigenvalue weighted by Crippen LogP contribution is 2.56. The number of rotatable bonds is 2. The molecule has 1 fully saturated rings. The van der Waals surface area contributed by atoms with E-state index in [1.165, 1.54) is 6.42 Å². The molecule has 62 valence electrons. The van der Waals surface area contributed by atoms with E-state index in [4.69, 9.17) is 0 Å². The predicted octanol–water partition coefficient (Wildman–Crippen LogP) is 3.08. The summed E-state index contributed by atoms with van der Waals surface area (Å²) in [5.74, 6) is 7.85. The normalized spacial score (nSPS) is 28.5. The van der Waals surface area contributed by atoms with E-state index in [1.807, 2.05) is 6.92 Å². The van der Waals surface area contributed by atoms with Crippen LogP contribution in [-0.4, -0.2) is 0 Å². The molecule has 0 spiro atoms. The van der Waals surface area contributed by atoms with Crippen LogP contribution in [0.15, 0.2) is 0 Å². The van der Waals surface area contributed by atoms with Gasteiger partial charge < -0.3 is 0 Å². The summed E-state index contributed by atoms with van der Waals surface area (Å²) in [7, 11) is 0. The van der Waals surface area contributed by atoms with Gasteiger partial charge in [-0.25, -0.2) is 0 Å². The van der Waals surface area contributed by atoms with Gasteiger partial charge in [0.15, 0.2) is 0 Å². The largest absolute Gasteiger partial charge is 0.107 e. The van der Waals surface area contributed by atoms with Crippen LogP contribution in [0.3, 0.4) is 0 Å². The molecular formula is C11H18. The molecule has 0 aromatic carbocycles. The van der Waals surface area contributed by atoms with Crippen LogP contribution in [0, 0.1) is 29.1 Å². The molecule has 0 saturated heterocycles. The summed E-state index contributed by atoms with van der Waals surface area (Å²) in [5.41, 5.74) is 0.620. The molecule has 1 aliphatic rings.